The number of H-pyrrole nitrogens is 1. The van der Waals surface area contributed by atoms with E-state index in [1.54, 1.807) is 47.9 Å². The molecule has 34 heavy (non-hydrogen) atoms. The quantitative estimate of drug-likeness (QED) is 0.204. The number of thiophene rings is 1. The molecule has 1 atom stereocenters. The molecule has 0 spiro atoms. The van der Waals surface area contributed by atoms with Gasteiger partial charge in [0.25, 0.3) is 5.91 Å². The molecule has 0 saturated carbocycles. The predicted octanol–water partition coefficient (Wildman–Crippen LogP) is 2.18. The van der Waals surface area contributed by atoms with Crippen LogP contribution in [0, 0.1) is 0 Å². The van der Waals surface area contributed by atoms with Crippen LogP contribution in [0.3, 0.4) is 0 Å². The molecule has 2 heterocycles. The molecule has 0 bridgehead atoms. The van der Waals surface area contributed by atoms with Crippen LogP contribution in [-0.4, -0.2) is 45.0 Å². The lowest BCUT2D eigenvalue weighted by molar-refractivity contribution is -0.133. The van der Waals surface area contributed by atoms with Crippen LogP contribution in [-0.2, 0) is 27.1 Å². The van der Waals surface area contributed by atoms with Crippen molar-refractivity contribution in [3.05, 3.63) is 87.8 Å². The second-order valence-electron chi connectivity index (χ2n) is 7.55. The van der Waals surface area contributed by atoms with Gasteiger partial charge in [0, 0.05) is 17.8 Å². The number of hydrogen-bond donors (Lipinski definition) is 4. The van der Waals surface area contributed by atoms with Gasteiger partial charge >= 0.3 is 5.69 Å². The van der Waals surface area contributed by atoms with Gasteiger partial charge in [-0.05, 0) is 40.1 Å². The molecule has 0 aliphatic carbocycles. The van der Waals surface area contributed by atoms with E-state index in [4.69, 9.17) is 0 Å². The number of carbonyl (C=O) groups excluding carboxylic acids is 1. The highest BCUT2D eigenvalue weighted by Gasteiger charge is 2.36. The molecule has 0 radical (unpaired) electrons. The van der Waals surface area contributed by atoms with Crippen LogP contribution in [0.1, 0.15) is 17.2 Å². The molecule has 2 aromatic heterocycles. The van der Waals surface area contributed by atoms with E-state index >= 15 is 0 Å². The van der Waals surface area contributed by atoms with Gasteiger partial charge in [-0.15, -0.1) is 11.3 Å². The highest BCUT2D eigenvalue weighted by atomic mass is 32.2. The number of aromatic nitrogens is 2. The maximum Gasteiger partial charge on any atom is 0.328 e. The normalized spacial score (nSPS) is 12.8. The van der Waals surface area contributed by atoms with E-state index in [1.807, 2.05) is 17.5 Å². The number of benzene rings is 2. The van der Waals surface area contributed by atoms with Crippen molar-refractivity contribution in [3.63, 3.8) is 0 Å². The summed E-state index contributed by atoms with van der Waals surface area (Å²) in [5, 5.41) is 22.1. The summed E-state index contributed by atoms with van der Waals surface area (Å²) < 4.78 is 30.2. The maximum absolute atomic E-state index is 13.6. The molecule has 2 aromatic carbocycles. The van der Waals surface area contributed by atoms with Crippen LogP contribution in [0.25, 0.3) is 10.1 Å². The van der Waals surface area contributed by atoms with E-state index in [9.17, 15) is 28.3 Å². The minimum atomic E-state index is -4.15. The first kappa shape index (κ1) is 23.7. The smallest absolute Gasteiger partial charge is 0.328 e. The molecule has 4 rings (SSSR count). The second kappa shape index (κ2) is 9.81. The van der Waals surface area contributed by atoms with Crippen molar-refractivity contribution in [3.8, 4) is 5.88 Å². The Hall–Kier alpha value is -3.45. The minimum Gasteiger partial charge on any atom is -0.493 e. The Kier molecular flexibility index (Phi) is 6.84. The van der Waals surface area contributed by atoms with Crippen LogP contribution in [0.4, 0.5) is 0 Å². The fourth-order valence-electron chi connectivity index (χ4n) is 3.77. The summed E-state index contributed by atoms with van der Waals surface area (Å²) in [6.45, 7) is -0.541. The molecule has 0 fully saturated rings. The standard InChI is InChI=1S/C22H22N4O6S2/c27-19-13-23-22(29)25(19)9-10-26(20(21(28)24-30)16-4-2-1-3-5-16)34(31,32)14-15-6-7-18-17(12-15)8-11-33-18/h1-8,11-13,20,27,30H,9-10,14H2,(H,23,29)(H,24,28). The summed E-state index contributed by atoms with van der Waals surface area (Å²) in [4.78, 5) is 27.0. The number of carbonyl (C=O) groups is 1. The molecule has 178 valence electrons. The molecule has 0 saturated heterocycles. The fourth-order valence-corrected chi connectivity index (χ4v) is 6.21. The lowest BCUT2D eigenvalue weighted by Crippen LogP contribution is -2.45. The van der Waals surface area contributed by atoms with Gasteiger partial charge < -0.3 is 10.1 Å². The van der Waals surface area contributed by atoms with Gasteiger partial charge in [0.1, 0.15) is 6.04 Å². The minimum absolute atomic E-state index is 0.223. The number of hydrogen-bond acceptors (Lipinski definition) is 7. The Morgan fingerprint density at radius 1 is 1.18 bits per heavy atom. The average Bonchev–Trinajstić information content (AvgIpc) is 3.42. The Bertz CT molecular complexity index is 1460. The first-order valence-corrected chi connectivity index (χ1v) is 12.7. The summed E-state index contributed by atoms with van der Waals surface area (Å²) >= 11 is 1.54. The number of aromatic hydroxyl groups is 1. The van der Waals surface area contributed by atoms with Gasteiger partial charge in [-0.2, -0.15) is 4.31 Å². The zero-order valence-corrected chi connectivity index (χ0v) is 19.4. The van der Waals surface area contributed by atoms with Crippen LogP contribution < -0.4 is 11.2 Å². The third-order valence-corrected chi connectivity index (χ3v) is 8.08. The molecule has 4 aromatic rings. The molecule has 1 unspecified atom stereocenters. The highest BCUT2D eigenvalue weighted by Crippen LogP contribution is 2.28. The number of aromatic amines is 1. The van der Waals surface area contributed by atoms with Crippen molar-refractivity contribution in [2.24, 2.45) is 0 Å². The van der Waals surface area contributed by atoms with E-state index in [0.29, 0.717) is 11.1 Å². The van der Waals surface area contributed by atoms with Crippen molar-refractivity contribution in [2.75, 3.05) is 6.54 Å². The van der Waals surface area contributed by atoms with E-state index < -0.39 is 33.4 Å². The number of amides is 1. The Morgan fingerprint density at radius 2 is 1.94 bits per heavy atom. The molecular formula is C22H22N4O6S2. The number of rotatable bonds is 9. The fraction of sp³-hybridized carbons (Fsp3) is 0.182. The molecular weight excluding hydrogens is 480 g/mol. The van der Waals surface area contributed by atoms with Gasteiger partial charge in [0.05, 0.1) is 11.9 Å². The summed E-state index contributed by atoms with van der Waals surface area (Å²) in [7, 11) is -4.15. The van der Waals surface area contributed by atoms with Crippen LogP contribution in [0.15, 0.2) is 71.0 Å². The van der Waals surface area contributed by atoms with Crippen LogP contribution >= 0.6 is 11.3 Å². The first-order chi connectivity index (χ1) is 16.3. The van der Waals surface area contributed by atoms with E-state index in [-0.39, 0.29) is 19.0 Å². The molecule has 0 aliphatic rings. The summed E-state index contributed by atoms with van der Waals surface area (Å²) in [6.07, 6.45) is 1.09. The number of nitrogens with one attached hydrogen (secondary N) is 2. The number of imidazole rings is 1. The Labute approximate surface area is 198 Å². The van der Waals surface area contributed by atoms with Gasteiger partial charge in [-0.3, -0.25) is 14.6 Å². The van der Waals surface area contributed by atoms with Gasteiger partial charge in [-0.1, -0.05) is 36.4 Å². The number of nitrogens with zero attached hydrogens (tertiary/aromatic N) is 2. The average molecular weight is 503 g/mol. The number of hydroxylamine groups is 1. The SMILES string of the molecule is O=C(NO)C(c1ccccc1)N(CCn1c(O)c[nH]c1=O)S(=O)(=O)Cc1ccc2sccc2c1. The number of fused-ring (bicyclic) bond motifs is 1. The van der Waals surface area contributed by atoms with Crippen molar-refractivity contribution in [1.82, 2.24) is 19.3 Å². The Morgan fingerprint density at radius 3 is 2.62 bits per heavy atom. The van der Waals surface area contributed by atoms with E-state index in [2.05, 4.69) is 4.98 Å². The molecule has 0 aliphatic heterocycles. The van der Waals surface area contributed by atoms with Gasteiger partial charge in [0.2, 0.25) is 15.9 Å². The molecule has 12 heteroatoms. The summed E-state index contributed by atoms with van der Waals surface area (Å²) in [5.41, 5.74) is 1.78. The Balaban J connectivity index is 1.74. The van der Waals surface area contributed by atoms with Crippen LogP contribution in [0.2, 0.25) is 0 Å². The topological polar surface area (TPSA) is 145 Å². The largest absolute Gasteiger partial charge is 0.493 e. The van der Waals surface area contributed by atoms with Gasteiger partial charge in [-0.25, -0.2) is 18.7 Å². The van der Waals surface area contributed by atoms with Crippen molar-refractivity contribution >= 4 is 37.4 Å². The lowest BCUT2D eigenvalue weighted by Gasteiger charge is -2.30. The van der Waals surface area contributed by atoms with Crippen LogP contribution in [0.5, 0.6) is 5.88 Å². The summed E-state index contributed by atoms with van der Waals surface area (Å²) in [6, 6.07) is 13.9. The number of sulfonamides is 1. The molecule has 1 amide bonds. The monoisotopic (exact) mass is 502 g/mol. The van der Waals surface area contributed by atoms with Crippen molar-refractivity contribution < 1.29 is 23.5 Å². The maximum atomic E-state index is 13.6. The highest BCUT2D eigenvalue weighted by molar-refractivity contribution is 7.88. The first-order valence-electron chi connectivity index (χ1n) is 10.2. The van der Waals surface area contributed by atoms with Gasteiger partial charge in [0.15, 0.2) is 0 Å². The van der Waals surface area contributed by atoms with Crippen molar-refractivity contribution in [1.29, 1.82) is 0 Å². The second-order valence-corrected chi connectivity index (χ2v) is 10.4. The van der Waals surface area contributed by atoms with Crippen molar-refractivity contribution in [2.45, 2.75) is 18.3 Å². The predicted molar refractivity (Wildman–Crippen MR) is 127 cm³/mol. The summed E-state index contributed by atoms with van der Waals surface area (Å²) in [5.74, 6) is -1.73. The third-order valence-electron chi connectivity index (χ3n) is 5.38. The lowest BCUT2D eigenvalue weighted by atomic mass is 10.1. The van der Waals surface area contributed by atoms with E-state index in [1.165, 1.54) is 11.3 Å². The zero-order chi connectivity index (χ0) is 24.3. The zero-order valence-electron chi connectivity index (χ0n) is 17.8. The molecule has 10 nitrogen and oxygen atoms in total. The third kappa shape index (κ3) is 4.89. The molecule has 4 N–H and O–H groups in total. The van der Waals surface area contributed by atoms with E-state index in [0.717, 1.165) is 25.2 Å².